The molecule has 0 aliphatic carbocycles. The third-order valence-electron chi connectivity index (χ3n) is 3.66. The number of methoxy groups -OCH3 is 1. The highest BCUT2D eigenvalue weighted by Gasteiger charge is 2.32. The summed E-state index contributed by atoms with van der Waals surface area (Å²) >= 11 is 0. The first-order valence-corrected chi connectivity index (χ1v) is 8.24. The normalized spacial score (nSPS) is 17.8. The van der Waals surface area contributed by atoms with Gasteiger partial charge in [-0.05, 0) is 32.4 Å². The Morgan fingerprint density at radius 2 is 2.14 bits per heavy atom. The zero-order chi connectivity index (χ0) is 15.5. The second kappa shape index (κ2) is 6.59. The van der Waals surface area contributed by atoms with Gasteiger partial charge in [-0.1, -0.05) is 0 Å². The van der Waals surface area contributed by atoms with Gasteiger partial charge < -0.3 is 14.5 Å². The van der Waals surface area contributed by atoms with Gasteiger partial charge >= 0.3 is 5.97 Å². The van der Waals surface area contributed by atoms with Crippen molar-refractivity contribution in [2.45, 2.75) is 17.9 Å². The minimum Gasteiger partial charge on any atom is -0.465 e. The summed E-state index contributed by atoms with van der Waals surface area (Å²) in [5.41, 5.74) is 0.0983. The fourth-order valence-corrected chi connectivity index (χ4v) is 3.84. The Balaban J connectivity index is 2.08. The first-order chi connectivity index (χ1) is 9.98. The minimum absolute atomic E-state index is 0.0983. The lowest BCUT2D eigenvalue weighted by molar-refractivity contribution is 0.0600. The van der Waals surface area contributed by atoms with Crippen LogP contribution in [0.5, 0.6) is 0 Å². The van der Waals surface area contributed by atoms with Gasteiger partial charge in [0, 0.05) is 19.2 Å². The number of carbonyl (C=O) groups is 1. The van der Waals surface area contributed by atoms with E-state index in [1.54, 1.807) is 0 Å². The van der Waals surface area contributed by atoms with Gasteiger partial charge in [0.05, 0.1) is 12.7 Å². The molecule has 1 aliphatic rings. The van der Waals surface area contributed by atoms with E-state index in [2.05, 4.69) is 10.1 Å². The van der Waals surface area contributed by atoms with Crippen molar-refractivity contribution >= 4 is 16.0 Å². The fraction of sp³-hybridized carbons (Fsp3) is 0.615. The van der Waals surface area contributed by atoms with E-state index in [0.29, 0.717) is 19.0 Å². The van der Waals surface area contributed by atoms with Crippen molar-refractivity contribution in [3.05, 3.63) is 17.9 Å². The van der Waals surface area contributed by atoms with Gasteiger partial charge in [0.15, 0.2) is 0 Å². The number of hydrogen-bond donors (Lipinski definition) is 1. The maximum Gasteiger partial charge on any atom is 0.341 e. The molecule has 0 spiro atoms. The van der Waals surface area contributed by atoms with Crippen molar-refractivity contribution in [2.24, 2.45) is 5.92 Å². The van der Waals surface area contributed by atoms with Crippen LogP contribution in [0.1, 0.15) is 23.2 Å². The number of nitrogens with one attached hydrogen (secondary N) is 1. The first-order valence-electron chi connectivity index (χ1n) is 6.80. The number of furan rings is 1. The van der Waals surface area contributed by atoms with E-state index in [4.69, 9.17) is 4.42 Å². The van der Waals surface area contributed by atoms with Crippen LogP contribution in [0.25, 0.3) is 0 Å². The Bertz CT molecular complexity index is 587. The summed E-state index contributed by atoms with van der Waals surface area (Å²) in [7, 11) is -0.561. The highest BCUT2D eigenvalue weighted by atomic mass is 32.2. The SMILES string of the molecule is CNCC1CCN(S(=O)(=O)c2cc(C(=O)OC)co2)CC1. The number of esters is 1. The topological polar surface area (TPSA) is 88.9 Å². The second-order valence-electron chi connectivity index (χ2n) is 5.05. The van der Waals surface area contributed by atoms with Crippen LogP contribution in [0, 0.1) is 5.92 Å². The van der Waals surface area contributed by atoms with E-state index >= 15 is 0 Å². The molecule has 1 fully saturated rings. The van der Waals surface area contributed by atoms with Crippen molar-refractivity contribution in [3.8, 4) is 0 Å². The summed E-state index contributed by atoms with van der Waals surface area (Å²) in [5.74, 6) is -0.128. The lowest BCUT2D eigenvalue weighted by atomic mass is 9.98. The van der Waals surface area contributed by atoms with Crippen LogP contribution >= 0.6 is 0 Å². The molecule has 0 atom stereocenters. The van der Waals surface area contributed by atoms with Crippen molar-refractivity contribution in [3.63, 3.8) is 0 Å². The first kappa shape index (κ1) is 16.0. The molecular weight excluding hydrogens is 296 g/mol. The summed E-state index contributed by atoms with van der Waals surface area (Å²) in [6.07, 6.45) is 2.72. The molecular formula is C13H20N2O5S. The molecule has 118 valence electrons. The van der Waals surface area contributed by atoms with E-state index in [-0.39, 0.29) is 10.7 Å². The number of carbonyl (C=O) groups excluding carboxylic acids is 1. The third kappa shape index (κ3) is 3.45. The quantitative estimate of drug-likeness (QED) is 0.804. The summed E-state index contributed by atoms with van der Waals surface area (Å²) in [6.45, 7) is 1.81. The van der Waals surface area contributed by atoms with Crippen LogP contribution in [0.3, 0.4) is 0 Å². The summed E-state index contributed by atoms with van der Waals surface area (Å²) in [5, 5.41) is 2.89. The molecule has 0 unspecified atom stereocenters. The van der Waals surface area contributed by atoms with E-state index < -0.39 is 16.0 Å². The van der Waals surface area contributed by atoms with Crippen LogP contribution in [-0.2, 0) is 14.8 Å². The second-order valence-corrected chi connectivity index (χ2v) is 6.92. The molecule has 0 bridgehead atoms. The summed E-state index contributed by atoms with van der Waals surface area (Å²) < 4.78 is 35.9. The van der Waals surface area contributed by atoms with E-state index in [9.17, 15) is 13.2 Å². The van der Waals surface area contributed by atoms with Gasteiger partial charge in [-0.2, -0.15) is 4.31 Å². The molecule has 0 saturated carbocycles. The maximum atomic E-state index is 12.4. The predicted octanol–water partition coefficient (Wildman–Crippen LogP) is 0.686. The molecule has 2 heterocycles. The van der Waals surface area contributed by atoms with Crippen molar-refractivity contribution < 1.29 is 22.4 Å². The highest BCUT2D eigenvalue weighted by molar-refractivity contribution is 7.89. The number of piperidine rings is 1. The molecule has 0 amide bonds. The van der Waals surface area contributed by atoms with Crippen LogP contribution in [0.2, 0.25) is 0 Å². The van der Waals surface area contributed by atoms with Crippen LogP contribution in [-0.4, -0.2) is 52.5 Å². The Kier molecular flexibility index (Phi) is 5.02. The Morgan fingerprint density at radius 1 is 1.48 bits per heavy atom. The fourth-order valence-electron chi connectivity index (χ4n) is 2.45. The molecule has 1 saturated heterocycles. The minimum atomic E-state index is -3.68. The molecule has 7 nitrogen and oxygen atoms in total. The van der Waals surface area contributed by atoms with Crippen molar-refractivity contribution in [2.75, 3.05) is 33.8 Å². The number of sulfonamides is 1. The van der Waals surface area contributed by atoms with E-state index in [0.717, 1.165) is 25.6 Å². The number of rotatable bonds is 5. The average Bonchev–Trinajstić information content (AvgIpc) is 2.98. The Hall–Kier alpha value is -1.38. The predicted molar refractivity (Wildman–Crippen MR) is 75.5 cm³/mol. The molecule has 1 aromatic heterocycles. The van der Waals surface area contributed by atoms with Gasteiger partial charge in [-0.15, -0.1) is 0 Å². The van der Waals surface area contributed by atoms with Crippen LogP contribution in [0.4, 0.5) is 0 Å². The molecule has 8 heteroatoms. The largest absolute Gasteiger partial charge is 0.465 e. The smallest absolute Gasteiger partial charge is 0.341 e. The standard InChI is InChI=1S/C13H20N2O5S/c1-14-8-10-3-5-15(6-4-10)21(17,18)12-7-11(9-20-12)13(16)19-2/h7,9-10,14H,3-6,8H2,1-2H3. The van der Waals surface area contributed by atoms with Gasteiger partial charge in [-0.25, -0.2) is 13.2 Å². The molecule has 21 heavy (non-hydrogen) atoms. The van der Waals surface area contributed by atoms with E-state index in [1.165, 1.54) is 17.5 Å². The lowest BCUT2D eigenvalue weighted by Crippen LogP contribution is -2.40. The van der Waals surface area contributed by atoms with Gasteiger partial charge in [0.2, 0.25) is 5.09 Å². The monoisotopic (exact) mass is 316 g/mol. The van der Waals surface area contributed by atoms with E-state index in [1.807, 2.05) is 7.05 Å². The highest BCUT2D eigenvalue weighted by Crippen LogP contribution is 2.24. The zero-order valence-corrected chi connectivity index (χ0v) is 13.0. The van der Waals surface area contributed by atoms with Gasteiger partial charge in [0.25, 0.3) is 10.0 Å². The number of hydrogen-bond acceptors (Lipinski definition) is 6. The molecule has 0 aromatic carbocycles. The van der Waals surface area contributed by atoms with Crippen LogP contribution < -0.4 is 5.32 Å². The molecule has 2 rings (SSSR count). The van der Waals surface area contributed by atoms with Crippen molar-refractivity contribution in [1.29, 1.82) is 0 Å². The lowest BCUT2D eigenvalue weighted by Gasteiger charge is -2.30. The number of ether oxygens (including phenoxy) is 1. The summed E-state index contributed by atoms with van der Waals surface area (Å²) in [6, 6.07) is 1.21. The number of nitrogens with zero attached hydrogens (tertiary/aromatic N) is 1. The molecule has 1 aromatic rings. The molecule has 1 N–H and O–H groups in total. The third-order valence-corrected chi connectivity index (χ3v) is 5.42. The average molecular weight is 316 g/mol. The van der Waals surface area contributed by atoms with Gasteiger partial charge in [-0.3, -0.25) is 0 Å². The Morgan fingerprint density at radius 3 is 2.71 bits per heavy atom. The zero-order valence-electron chi connectivity index (χ0n) is 12.2. The Labute approximate surface area is 124 Å². The molecule has 0 radical (unpaired) electrons. The maximum absolute atomic E-state index is 12.4. The van der Waals surface area contributed by atoms with Crippen LogP contribution in [0.15, 0.2) is 21.8 Å². The van der Waals surface area contributed by atoms with Crippen molar-refractivity contribution in [1.82, 2.24) is 9.62 Å². The van der Waals surface area contributed by atoms with Gasteiger partial charge in [0.1, 0.15) is 6.26 Å². The summed E-state index contributed by atoms with van der Waals surface area (Å²) in [4.78, 5) is 11.3. The molecule has 1 aliphatic heterocycles.